The van der Waals surface area contributed by atoms with E-state index in [2.05, 4.69) is 4.99 Å². The maximum Gasteiger partial charge on any atom is 0.297 e. The summed E-state index contributed by atoms with van der Waals surface area (Å²) in [7, 11) is 0.804. The van der Waals surface area contributed by atoms with Gasteiger partial charge in [0.25, 0.3) is 5.56 Å². The fraction of sp³-hybridized carbons (Fsp3) is 0.211. The van der Waals surface area contributed by atoms with Gasteiger partial charge >= 0.3 is 0 Å². The second-order valence-electron chi connectivity index (χ2n) is 6.54. The van der Waals surface area contributed by atoms with Crippen molar-refractivity contribution in [3.05, 3.63) is 70.3 Å². The molecule has 160 valence electrons. The molecule has 1 heterocycles. The summed E-state index contributed by atoms with van der Waals surface area (Å²) >= 11 is 0. The van der Waals surface area contributed by atoms with E-state index in [1.807, 2.05) is 81.2 Å². The zero-order chi connectivity index (χ0) is 22.6. The molecule has 0 radical (unpaired) electrons. The number of rotatable bonds is 2. The van der Waals surface area contributed by atoms with Gasteiger partial charge in [-0.25, -0.2) is 32.9 Å². The molecule has 0 saturated carbocycles. The molecule has 2 N–H and O–H groups in total. The van der Waals surface area contributed by atoms with Crippen LogP contribution in [0.5, 0.6) is 0 Å². The fourth-order valence-electron chi connectivity index (χ4n) is 2.73. The first-order valence-corrected chi connectivity index (χ1v) is 9.88. The summed E-state index contributed by atoms with van der Waals surface area (Å²) in [4.78, 5) is 17.5. The predicted molar refractivity (Wildman–Crippen MR) is 101 cm³/mol. The Morgan fingerprint density at radius 3 is 2.13 bits per heavy atom. The van der Waals surface area contributed by atoms with Gasteiger partial charge in [-0.3, -0.25) is 9.48 Å². The highest BCUT2D eigenvalue weighted by Crippen LogP contribution is 2.18. The van der Waals surface area contributed by atoms with Crippen LogP contribution < -0.4 is 29.9 Å². The van der Waals surface area contributed by atoms with Crippen molar-refractivity contribution in [2.24, 2.45) is 17.8 Å². The molecule has 0 aliphatic heterocycles. The van der Waals surface area contributed by atoms with Crippen molar-refractivity contribution in [1.82, 2.24) is 9.36 Å². The summed E-state index contributed by atoms with van der Waals surface area (Å²) in [5, 5.41) is 0. The van der Waals surface area contributed by atoms with Gasteiger partial charge in [-0.2, -0.15) is 0 Å². The molecule has 0 unspecified atom stereocenters. The average Bonchev–Trinajstić information content (AvgIpc) is 2.85. The van der Waals surface area contributed by atoms with Crippen LogP contribution in [0.3, 0.4) is 0 Å². The Hall–Kier alpha value is -3.02. The molecule has 30 heavy (non-hydrogen) atoms. The Labute approximate surface area is 175 Å². The number of hydrogen-bond acceptors (Lipinski definition) is 7. The van der Waals surface area contributed by atoms with Gasteiger partial charge in [0.2, 0.25) is 5.71 Å². The molecule has 0 amide bonds. The lowest BCUT2D eigenvalue weighted by atomic mass is 10.1. The van der Waals surface area contributed by atoms with Crippen LogP contribution >= 0.6 is 0 Å². The van der Waals surface area contributed by atoms with Crippen LogP contribution in [-0.2, 0) is 7.05 Å². The van der Waals surface area contributed by atoms with E-state index in [4.69, 9.17) is 24.4 Å². The van der Waals surface area contributed by atoms with Crippen molar-refractivity contribution >= 4 is 17.1 Å². The van der Waals surface area contributed by atoms with E-state index >= 15 is 0 Å². The maximum atomic E-state index is 12.9. The van der Waals surface area contributed by atoms with E-state index in [0.29, 0.717) is 17.1 Å². The SMILES string of the molecule is Cc1c(/N=C2\C=CC(=[N+](C)C)C=C2N)c(=O)n(-c2ccccc2)n1C.[O-][Cl+3]([O-])([O-])[O-]. The summed E-state index contributed by atoms with van der Waals surface area (Å²) in [5.41, 5.74) is 10.1. The van der Waals surface area contributed by atoms with Crippen LogP contribution in [0.25, 0.3) is 5.69 Å². The lowest BCUT2D eigenvalue weighted by Gasteiger charge is -2.17. The second kappa shape index (κ2) is 9.20. The number of hydrogen-bond donors (Lipinski definition) is 1. The molecule has 0 saturated heterocycles. The van der Waals surface area contributed by atoms with E-state index in [1.165, 1.54) is 0 Å². The van der Waals surface area contributed by atoms with Crippen molar-refractivity contribution in [3.8, 4) is 5.69 Å². The highest BCUT2D eigenvalue weighted by molar-refractivity contribution is 6.20. The number of para-hydroxylation sites is 1. The van der Waals surface area contributed by atoms with Crippen molar-refractivity contribution in [3.63, 3.8) is 0 Å². The molecular weight excluding hydrogens is 414 g/mol. The van der Waals surface area contributed by atoms with E-state index < -0.39 is 10.2 Å². The molecule has 0 fully saturated rings. The molecule has 2 aromatic rings. The van der Waals surface area contributed by atoms with Gasteiger partial charge in [-0.15, -0.1) is 10.2 Å². The molecule has 11 heteroatoms. The molecular formula is C19H22ClN5O5. The van der Waals surface area contributed by atoms with Gasteiger partial charge in [-0.05, 0) is 25.1 Å². The van der Waals surface area contributed by atoms with Crippen molar-refractivity contribution in [2.45, 2.75) is 6.92 Å². The van der Waals surface area contributed by atoms with Gasteiger partial charge < -0.3 is 5.73 Å². The Morgan fingerprint density at radius 2 is 1.63 bits per heavy atom. The van der Waals surface area contributed by atoms with Crippen LogP contribution in [-0.4, -0.2) is 39.5 Å². The summed E-state index contributed by atoms with van der Waals surface area (Å²) in [6.07, 6.45) is 5.62. The number of aliphatic imine (C=N–C) groups is 1. The largest absolute Gasteiger partial charge is 0.397 e. The van der Waals surface area contributed by atoms with Crippen LogP contribution in [0.4, 0.5) is 5.69 Å². The standard InChI is InChI=1S/C19H21N5O.ClHO4/c1-13-18(21-17-11-10-15(22(2)3)12-16(17)20)19(25)24(23(13)4)14-8-6-5-7-9-14;2-1(3,4)5/h5-12,20H,1-4H3;(H,2,3,4,5)/b21-17+;. The lowest BCUT2D eigenvalue weighted by molar-refractivity contribution is -2.00. The monoisotopic (exact) mass is 435 g/mol. The van der Waals surface area contributed by atoms with Crippen molar-refractivity contribution < 1.29 is 33.5 Å². The van der Waals surface area contributed by atoms with E-state index in [-0.39, 0.29) is 5.56 Å². The Bertz CT molecular complexity index is 1090. The first kappa shape index (κ1) is 23.3. The first-order chi connectivity index (χ1) is 13.9. The Kier molecular flexibility index (Phi) is 7.13. The minimum absolute atomic E-state index is 0.165. The molecule has 1 aliphatic carbocycles. The van der Waals surface area contributed by atoms with Crippen LogP contribution in [0.15, 0.2) is 64.0 Å². The van der Waals surface area contributed by atoms with Gasteiger partial charge in [-0.1, -0.05) is 18.2 Å². The molecule has 1 aromatic heterocycles. The summed E-state index contributed by atoms with van der Waals surface area (Å²) in [6.45, 7) is 1.88. The van der Waals surface area contributed by atoms with Gasteiger partial charge in [0, 0.05) is 19.2 Å². The normalized spacial score (nSPS) is 15.0. The zero-order valence-corrected chi connectivity index (χ0v) is 17.7. The number of allylic oxidation sites excluding steroid dienone is 3. The van der Waals surface area contributed by atoms with Crippen molar-refractivity contribution in [2.75, 3.05) is 14.1 Å². The Morgan fingerprint density at radius 1 is 1.07 bits per heavy atom. The van der Waals surface area contributed by atoms with Crippen LogP contribution in [0.1, 0.15) is 5.69 Å². The van der Waals surface area contributed by atoms with E-state index in [1.54, 1.807) is 9.36 Å². The number of nitrogens with zero attached hydrogens (tertiary/aromatic N) is 4. The molecule has 0 spiro atoms. The minimum atomic E-state index is -4.94. The summed E-state index contributed by atoms with van der Waals surface area (Å²) < 4.78 is 39.4. The number of benzene rings is 1. The minimum Gasteiger partial charge on any atom is -0.397 e. The molecule has 1 aromatic carbocycles. The maximum absolute atomic E-state index is 12.9. The highest BCUT2D eigenvalue weighted by Gasteiger charge is 2.18. The van der Waals surface area contributed by atoms with E-state index in [0.717, 1.165) is 17.1 Å². The molecule has 0 bridgehead atoms. The quantitative estimate of drug-likeness (QED) is 0.389. The smallest absolute Gasteiger partial charge is 0.297 e. The molecule has 0 atom stereocenters. The van der Waals surface area contributed by atoms with Crippen LogP contribution in [0, 0.1) is 17.2 Å². The van der Waals surface area contributed by atoms with Gasteiger partial charge in [0.05, 0.1) is 22.8 Å². The highest BCUT2D eigenvalue weighted by atomic mass is 35.7. The Balaban J connectivity index is 0.000000575. The average molecular weight is 436 g/mol. The number of halogens is 1. The van der Waals surface area contributed by atoms with Gasteiger partial charge in [0.15, 0.2) is 5.69 Å². The third-order valence-corrected chi connectivity index (χ3v) is 4.28. The lowest BCUT2D eigenvalue weighted by Crippen LogP contribution is -2.68. The first-order valence-electron chi connectivity index (χ1n) is 8.64. The molecule has 10 nitrogen and oxygen atoms in total. The number of aromatic nitrogens is 2. The predicted octanol–water partition coefficient (Wildman–Crippen LogP) is -3.07. The summed E-state index contributed by atoms with van der Waals surface area (Å²) in [5.74, 6) is 0. The third kappa shape index (κ3) is 5.75. The zero-order valence-electron chi connectivity index (χ0n) is 16.9. The van der Waals surface area contributed by atoms with Gasteiger partial charge in [0.1, 0.15) is 14.1 Å². The number of nitrogens with two attached hydrogens (primary N) is 1. The molecule has 3 rings (SSSR count). The summed E-state index contributed by atoms with van der Waals surface area (Å²) in [6, 6.07) is 9.51. The third-order valence-electron chi connectivity index (χ3n) is 4.28. The second-order valence-corrected chi connectivity index (χ2v) is 7.29. The topological polar surface area (TPSA) is 161 Å². The van der Waals surface area contributed by atoms with E-state index in [9.17, 15) is 4.79 Å². The van der Waals surface area contributed by atoms with Crippen LogP contribution in [0.2, 0.25) is 0 Å². The van der Waals surface area contributed by atoms with Crippen molar-refractivity contribution in [1.29, 1.82) is 0 Å². The fourth-order valence-corrected chi connectivity index (χ4v) is 2.73. The molecule has 1 aliphatic rings.